The number of benzene rings is 2. The first kappa shape index (κ1) is 22.6. The number of hydrogen-bond donors (Lipinski definition) is 1. The average Bonchev–Trinajstić information content (AvgIpc) is 2.84. The van der Waals surface area contributed by atoms with Crippen molar-refractivity contribution in [1.29, 1.82) is 0 Å². The Morgan fingerprint density at radius 1 is 0.969 bits per heavy atom. The number of anilines is 2. The summed E-state index contributed by atoms with van der Waals surface area (Å²) in [6.45, 7) is 7.62. The number of rotatable bonds is 5. The van der Waals surface area contributed by atoms with Crippen LogP contribution in [0.15, 0.2) is 48.5 Å². The molecule has 2 fully saturated rings. The summed E-state index contributed by atoms with van der Waals surface area (Å²) < 4.78 is 5.40. The lowest BCUT2D eigenvalue weighted by atomic mass is 10.1. The molecule has 1 N–H and O–H groups in total. The van der Waals surface area contributed by atoms with Crippen molar-refractivity contribution in [2.75, 3.05) is 62.7 Å². The fraction of sp³-hybridized carbons (Fsp3) is 0.417. The number of nitrogens with one attached hydrogen (secondary N) is 1. The molecule has 0 aliphatic carbocycles. The highest BCUT2D eigenvalue weighted by molar-refractivity contribution is 6.30. The highest BCUT2D eigenvalue weighted by atomic mass is 35.5. The summed E-state index contributed by atoms with van der Waals surface area (Å²) in [6, 6.07) is 14.7. The van der Waals surface area contributed by atoms with Gasteiger partial charge in [0.1, 0.15) is 0 Å². The third kappa shape index (κ3) is 5.41. The first-order valence-electron chi connectivity index (χ1n) is 11.0. The number of nitrogens with zero attached hydrogens (tertiary/aromatic N) is 3. The highest BCUT2D eigenvalue weighted by Crippen LogP contribution is 2.20. The van der Waals surface area contributed by atoms with Crippen LogP contribution in [0.1, 0.15) is 17.3 Å². The van der Waals surface area contributed by atoms with Gasteiger partial charge in [-0.15, -0.1) is 0 Å². The van der Waals surface area contributed by atoms with E-state index in [2.05, 4.69) is 15.1 Å². The van der Waals surface area contributed by atoms with E-state index in [1.54, 1.807) is 24.3 Å². The number of hydrogen-bond acceptors (Lipinski definition) is 5. The Morgan fingerprint density at radius 2 is 1.66 bits per heavy atom. The van der Waals surface area contributed by atoms with E-state index in [4.69, 9.17) is 16.3 Å². The summed E-state index contributed by atoms with van der Waals surface area (Å²) in [5, 5.41) is 3.57. The van der Waals surface area contributed by atoms with Crippen molar-refractivity contribution in [3.05, 3.63) is 59.1 Å². The fourth-order valence-corrected chi connectivity index (χ4v) is 4.30. The van der Waals surface area contributed by atoms with Crippen molar-refractivity contribution in [3.8, 4) is 0 Å². The van der Waals surface area contributed by atoms with E-state index < -0.39 is 0 Å². The molecule has 2 amide bonds. The molecular weight excluding hydrogens is 428 g/mol. The number of halogens is 1. The zero-order chi connectivity index (χ0) is 22.5. The summed E-state index contributed by atoms with van der Waals surface area (Å²) >= 11 is 6.01. The van der Waals surface area contributed by atoms with Gasteiger partial charge in [-0.1, -0.05) is 17.7 Å². The van der Waals surface area contributed by atoms with E-state index in [0.717, 1.165) is 37.7 Å². The van der Waals surface area contributed by atoms with Gasteiger partial charge in [-0.2, -0.15) is 0 Å². The number of morpholine rings is 1. The molecule has 0 radical (unpaired) electrons. The van der Waals surface area contributed by atoms with Gasteiger partial charge in [0.15, 0.2) is 0 Å². The molecule has 2 heterocycles. The molecule has 8 heteroatoms. The predicted octanol–water partition coefficient (Wildman–Crippen LogP) is 2.96. The van der Waals surface area contributed by atoms with Crippen molar-refractivity contribution >= 4 is 34.8 Å². The Kier molecular flexibility index (Phi) is 7.29. The molecule has 2 aromatic carbocycles. The Hall–Kier alpha value is -2.61. The number of carbonyl (C=O) groups excluding carboxylic acids is 2. The van der Waals surface area contributed by atoms with Gasteiger partial charge in [0.25, 0.3) is 5.91 Å². The number of ether oxygens (including phenoxy) is 1. The maximum absolute atomic E-state index is 12.8. The van der Waals surface area contributed by atoms with Crippen LogP contribution in [0.3, 0.4) is 0 Å². The van der Waals surface area contributed by atoms with Gasteiger partial charge < -0.3 is 19.9 Å². The number of piperazine rings is 1. The van der Waals surface area contributed by atoms with Crippen LogP contribution in [-0.4, -0.2) is 80.1 Å². The van der Waals surface area contributed by atoms with Crippen LogP contribution in [-0.2, 0) is 9.53 Å². The van der Waals surface area contributed by atoms with Crippen LogP contribution in [0.25, 0.3) is 0 Å². The van der Waals surface area contributed by atoms with E-state index in [-0.39, 0.29) is 17.9 Å². The molecule has 2 aliphatic heterocycles. The van der Waals surface area contributed by atoms with Crippen LogP contribution in [0, 0.1) is 0 Å². The molecule has 1 unspecified atom stereocenters. The van der Waals surface area contributed by atoms with Gasteiger partial charge in [0.05, 0.1) is 19.3 Å². The average molecular weight is 457 g/mol. The van der Waals surface area contributed by atoms with Crippen molar-refractivity contribution in [2.45, 2.75) is 13.0 Å². The second-order valence-electron chi connectivity index (χ2n) is 8.15. The van der Waals surface area contributed by atoms with Crippen LogP contribution < -0.4 is 10.2 Å². The van der Waals surface area contributed by atoms with E-state index in [1.165, 1.54) is 0 Å². The van der Waals surface area contributed by atoms with Gasteiger partial charge in [-0.3, -0.25) is 14.5 Å². The third-order valence-corrected chi connectivity index (χ3v) is 6.35. The zero-order valence-corrected chi connectivity index (χ0v) is 19.1. The maximum Gasteiger partial charge on any atom is 0.253 e. The van der Waals surface area contributed by atoms with Crippen LogP contribution >= 0.6 is 11.6 Å². The zero-order valence-electron chi connectivity index (χ0n) is 18.3. The second-order valence-corrected chi connectivity index (χ2v) is 8.59. The van der Waals surface area contributed by atoms with Gasteiger partial charge in [-0.05, 0) is 49.4 Å². The minimum atomic E-state index is -0.280. The first-order valence-corrected chi connectivity index (χ1v) is 11.4. The second kappa shape index (κ2) is 10.3. The van der Waals surface area contributed by atoms with Crippen molar-refractivity contribution in [1.82, 2.24) is 9.80 Å². The Labute approximate surface area is 193 Å². The molecule has 32 heavy (non-hydrogen) atoms. The molecule has 4 rings (SSSR count). The van der Waals surface area contributed by atoms with Gasteiger partial charge in [0, 0.05) is 61.2 Å². The lowest BCUT2D eigenvalue weighted by molar-refractivity contribution is -0.121. The van der Waals surface area contributed by atoms with Crippen molar-refractivity contribution < 1.29 is 14.3 Å². The lowest BCUT2D eigenvalue weighted by Gasteiger charge is -2.37. The Bertz CT molecular complexity index is 939. The standard InChI is InChI=1S/C24H29ClN4O3/c1-18(23(30)26-21-5-7-22(8-6-21)28-13-15-32-16-14-28)27-9-11-29(12-10-27)24(31)19-3-2-4-20(25)17-19/h2-8,17-18H,9-16H2,1H3,(H,26,30). The molecule has 2 aliphatic rings. The molecule has 0 saturated carbocycles. The molecule has 0 spiro atoms. The molecule has 2 aromatic rings. The van der Waals surface area contributed by atoms with Crippen LogP contribution in [0.4, 0.5) is 11.4 Å². The molecule has 7 nitrogen and oxygen atoms in total. The van der Waals surface area contributed by atoms with Gasteiger partial charge in [-0.25, -0.2) is 0 Å². The molecular formula is C24H29ClN4O3. The summed E-state index contributed by atoms with van der Waals surface area (Å²) in [5.41, 5.74) is 2.52. The van der Waals surface area contributed by atoms with E-state index in [1.807, 2.05) is 36.1 Å². The Morgan fingerprint density at radius 3 is 2.31 bits per heavy atom. The van der Waals surface area contributed by atoms with Crippen LogP contribution in [0.5, 0.6) is 0 Å². The summed E-state index contributed by atoms with van der Waals surface area (Å²) in [5.74, 6) is -0.0663. The van der Waals surface area contributed by atoms with Crippen molar-refractivity contribution in [3.63, 3.8) is 0 Å². The van der Waals surface area contributed by atoms with E-state index in [0.29, 0.717) is 36.8 Å². The minimum absolute atomic E-state index is 0.0235. The smallest absolute Gasteiger partial charge is 0.253 e. The summed E-state index contributed by atoms with van der Waals surface area (Å²) in [4.78, 5) is 31.7. The monoisotopic (exact) mass is 456 g/mol. The van der Waals surface area contributed by atoms with E-state index in [9.17, 15) is 9.59 Å². The molecule has 1 atom stereocenters. The van der Waals surface area contributed by atoms with Crippen molar-refractivity contribution in [2.24, 2.45) is 0 Å². The third-order valence-electron chi connectivity index (χ3n) is 6.11. The van der Waals surface area contributed by atoms with E-state index >= 15 is 0 Å². The normalized spacial score (nSPS) is 18.3. The summed E-state index contributed by atoms with van der Waals surface area (Å²) in [7, 11) is 0. The number of amides is 2. The van der Waals surface area contributed by atoms with Crippen LogP contribution in [0.2, 0.25) is 5.02 Å². The maximum atomic E-state index is 12.8. The SMILES string of the molecule is CC(C(=O)Nc1ccc(N2CCOCC2)cc1)N1CCN(C(=O)c2cccc(Cl)c2)CC1. The molecule has 0 aromatic heterocycles. The fourth-order valence-electron chi connectivity index (χ4n) is 4.11. The predicted molar refractivity (Wildman–Crippen MR) is 126 cm³/mol. The van der Waals surface area contributed by atoms with Gasteiger partial charge >= 0.3 is 0 Å². The largest absolute Gasteiger partial charge is 0.378 e. The number of carbonyl (C=O) groups is 2. The summed E-state index contributed by atoms with van der Waals surface area (Å²) in [6.07, 6.45) is 0. The molecule has 0 bridgehead atoms. The quantitative estimate of drug-likeness (QED) is 0.749. The topological polar surface area (TPSA) is 65.1 Å². The Balaban J connectivity index is 1.28. The molecule has 2 saturated heterocycles. The first-order chi connectivity index (χ1) is 15.5. The highest BCUT2D eigenvalue weighted by Gasteiger charge is 2.28. The minimum Gasteiger partial charge on any atom is -0.378 e. The van der Waals surface area contributed by atoms with Gasteiger partial charge in [0.2, 0.25) is 5.91 Å². The molecule has 170 valence electrons. The lowest BCUT2D eigenvalue weighted by Crippen LogP contribution is -2.54.